The van der Waals surface area contributed by atoms with Gasteiger partial charge < -0.3 is 10.0 Å². The van der Waals surface area contributed by atoms with Crippen LogP contribution < -0.4 is 0 Å². The molecule has 1 saturated carbocycles. The average molecular weight is 237 g/mol. The van der Waals surface area contributed by atoms with Gasteiger partial charge >= 0.3 is 6.18 Å². The monoisotopic (exact) mass is 237 g/mol. The predicted octanol–water partition coefficient (Wildman–Crippen LogP) is 2.03. The summed E-state index contributed by atoms with van der Waals surface area (Å²) in [6.45, 7) is 2.44. The molecule has 1 N–H and O–H groups in total. The summed E-state index contributed by atoms with van der Waals surface area (Å²) in [5.41, 5.74) is 0. The zero-order valence-corrected chi connectivity index (χ0v) is 9.21. The Balaban J connectivity index is 1.75. The van der Waals surface area contributed by atoms with Crippen LogP contribution in [0.25, 0.3) is 0 Å². The van der Waals surface area contributed by atoms with Crippen molar-refractivity contribution in [1.82, 2.24) is 4.90 Å². The van der Waals surface area contributed by atoms with Crippen LogP contribution in [-0.4, -0.2) is 41.9 Å². The Kier molecular flexibility index (Phi) is 3.45. The third-order valence-electron chi connectivity index (χ3n) is 3.63. The maximum Gasteiger partial charge on any atom is 0.414 e. The van der Waals surface area contributed by atoms with Crippen molar-refractivity contribution in [1.29, 1.82) is 0 Å². The van der Waals surface area contributed by atoms with Gasteiger partial charge in [-0.3, -0.25) is 0 Å². The van der Waals surface area contributed by atoms with Crippen molar-refractivity contribution in [3.8, 4) is 0 Å². The van der Waals surface area contributed by atoms with E-state index in [9.17, 15) is 13.2 Å². The van der Waals surface area contributed by atoms with E-state index in [0.717, 1.165) is 12.5 Å². The third kappa shape index (κ3) is 3.10. The Morgan fingerprint density at radius 1 is 1.12 bits per heavy atom. The Morgan fingerprint density at radius 2 is 1.69 bits per heavy atom. The van der Waals surface area contributed by atoms with E-state index < -0.39 is 18.2 Å². The second-order valence-corrected chi connectivity index (χ2v) is 5.07. The standard InChI is InChI=1S/C11H18F3NO/c12-11(13,14)10(16)9-3-5-15(6-4-9)7-8-1-2-8/h8-10,16H,1-7H2. The summed E-state index contributed by atoms with van der Waals surface area (Å²) in [5, 5.41) is 9.15. The van der Waals surface area contributed by atoms with Gasteiger partial charge in [0.05, 0.1) is 0 Å². The van der Waals surface area contributed by atoms with Crippen LogP contribution in [0.3, 0.4) is 0 Å². The highest BCUT2D eigenvalue weighted by Crippen LogP contribution is 2.34. The van der Waals surface area contributed by atoms with Crippen LogP contribution in [0.2, 0.25) is 0 Å². The van der Waals surface area contributed by atoms with Gasteiger partial charge in [-0.05, 0) is 50.6 Å². The van der Waals surface area contributed by atoms with Crippen LogP contribution in [0.1, 0.15) is 25.7 Å². The van der Waals surface area contributed by atoms with Crippen molar-refractivity contribution in [2.45, 2.75) is 38.0 Å². The Labute approximate surface area is 93.4 Å². The second kappa shape index (κ2) is 4.53. The fourth-order valence-electron chi connectivity index (χ4n) is 2.38. The van der Waals surface area contributed by atoms with Gasteiger partial charge in [0.2, 0.25) is 0 Å². The molecule has 0 aromatic heterocycles. The van der Waals surface area contributed by atoms with Crippen molar-refractivity contribution in [3.05, 3.63) is 0 Å². The van der Waals surface area contributed by atoms with Crippen molar-refractivity contribution in [2.24, 2.45) is 11.8 Å². The first-order chi connectivity index (χ1) is 7.47. The molecule has 16 heavy (non-hydrogen) atoms. The lowest BCUT2D eigenvalue weighted by atomic mass is 9.91. The Bertz CT molecular complexity index is 232. The first-order valence-electron chi connectivity index (χ1n) is 5.94. The Hall–Kier alpha value is -0.290. The molecule has 1 atom stereocenters. The molecule has 2 nitrogen and oxygen atoms in total. The minimum atomic E-state index is -4.46. The molecule has 1 aliphatic carbocycles. The maximum absolute atomic E-state index is 12.3. The summed E-state index contributed by atoms with van der Waals surface area (Å²) in [4.78, 5) is 2.23. The minimum absolute atomic E-state index is 0.466. The molecule has 0 aromatic carbocycles. The van der Waals surface area contributed by atoms with Crippen molar-refractivity contribution in [2.75, 3.05) is 19.6 Å². The van der Waals surface area contributed by atoms with Gasteiger partial charge in [-0.1, -0.05) is 0 Å². The van der Waals surface area contributed by atoms with E-state index in [1.807, 2.05) is 0 Å². The van der Waals surface area contributed by atoms with E-state index in [2.05, 4.69) is 4.90 Å². The lowest BCUT2D eigenvalue weighted by Gasteiger charge is -2.34. The fourth-order valence-corrected chi connectivity index (χ4v) is 2.38. The van der Waals surface area contributed by atoms with Crippen LogP contribution >= 0.6 is 0 Å². The van der Waals surface area contributed by atoms with E-state index in [4.69, 9.17) is 5.11 Å². The van der Waals surface area contributed by atoms with Gasteiger partial charge in [-0.15, -0.1) is 0 Å². The Morgan fingerprint density at radius 3 is 2.12 bits per heavy atom. The molecule has 0 aromatic rings. The number of alkyl halides is 3. The molecule has 1 heterocycles. The lowest BCUT2D eigenvalue weighted by Crippen LogP contribution is -2.43. The molecular weight excluding hydrogens is 219 g/mol. The first kappa shape index (κ1) is 12.2. The fraction of sp³-hybridized carbons (Fsp3) is 1.00. The number of hydrogen-bond acceptors (Lipinski definition) is 2. The molecule has 1 saturated heterocycles. The topological polar surface area (TPSA) is 23.5 Å². The number of rotatable bonds is 3. The van der Waals surface area contributed by atoms with Gasteiger partial charge in [0.15, 0.2) is 6.10 Å². The van der Waals surface area contributed by atoms with Crippen molar-refractivity contribution >= 4 is 0 Å². The highest BCUT2D eigenvalue weighted by Gasteiger charge is 2.44. The number of piperidine rings is 1. The van der Waals surface area contributed by atoms with E-state index in [0.29, 0.717) is 25.9 Å². The normalized spacial score (nSPS) is 27.0. The van der Waals surface area contributed by atoms with Crippen LogP contribution in [-0.2, 0) is 0 Å². The van der Waals surface area contributed by atoms with Gasteiger partial charge in [0.1, 0.15) is 0 Å². The molecule has 0 spiro atoms. The average Bonchev–Trinajstić information content (AvgIpc) is 3.00. The SMILES string of the molecule is OC(C1CCN(CC2CC2)CC1)C(F)(F)F. The number of hydrogen-bond donors (Lipinski definition) is 1. The lowest BCUT2D eigenvalue weighted by molar-refractivity contribution is -0.223. The molecule has 2 aliphatic rings. The molecular formula is C11H18F3NO. The summed E-state index contributed by atoms with van der Waals surface area (Å²) in [6.07, 6.45) is -3.11. The molecule has 2 fully saturated rings. The van der Waals surface area contributed by atoms with Gasteiger partial charge in [0.25, 0.3) is 0 Å². The largest absolute Gasteiger partial charge is 0.414 e. The summed E-state index contributed by atoms with van der Waals surface area (Å²) in [6, 6.07) is 0. The molecule has 0 amide bonds. The molecule has 1 aliphatic heterocycles. The van der Waals surface area contributed by atoms with Crippen LogP contribution in [0, 0.1) is 11.8 Å². The zero-order chi connectivity index (χ0) is 11.8. The van der Waals surface area contributed by atoms with Crippen LogP contribution in [0.4, 0.5) is 13.2 Å². The van der Waals surface area contributed by atoms with E-state index in [-0.39, 0.29) is 0 Å². The molecule has 94 valence electrons. The van der Waals surface area contributed by atoms with Crippen LogP contribution in [0.5, 0.6) is 0 Å². The first-order valence-corrected chi connectivity index (χ1v) is 5.94. The van der Waals surface area contributed by atoms with E-state index in [1.165, 1.54) is 12.8 Å². The summed E-state index contributed by atoms with van der Waals surface area (Å²) in [5.74, 6) is 0.180. The number of likely N-dealkylation sites (tertiary alicyclic amines) is 1. The second-order valence-electron chi connectivity index (χ2n) is 5.07. The number of aliphatic hydroxyl groups is 1. The summed E-state index contributed by atoms with van der Waals surface area (Å²) >= 11 is 0. The highest BCUT2D eigenvalue weighted by molar-refractivity contribution is 4.84. The maximum atomic E-state index is 12.3. The third-order valence-corrected chi connectivity index (χ3v) is 3.63. The van der Waals surface area contributed by atoms with Crippen LogP contribution in [0.15, 0.2) is 0 Å². The molecule has 1 unspecified atom stereocenters. The number of nitrogens with zero attached hydrogens (tertiary/aromatic N) is 1. The minimum Gasteiger partial charge on any atom is -0.383 e. The highest BCUT2D eigenvalue weighted by atomic mass is 19.4. The van der Waals surface area contributed by atoms with Crippen molar-refractivity contribution < 1.29 is 18.3 Å². The van der Waals surface area contributed by atoms with Gasteiger partial charge in [-0.25, -0.2) is 0 Å². The summed E-state index contributed by atoms with van der Waals surface area (Å²) in [7, 11) is 0. The molecule has 0 radical (unpaired) electrons. The quantitative estimate of drug-likeness (QED) is 0.812. The smallest absolute Gasteiger partial charge is 0.383 e. The predicted molar refractivity (Wildman–Crippen MR) is 53.9 cm³/mol. The van der Waals surface area contributed by atoms with Gasteiger partial charge in [-0.2, -0.15) is 13.2 Å². The molecule has 5 heteroatoms. The molecule has 0 bridgehead atoms. The zero-order valence-electron chi connectivity index (χ0n) is 9.21. The van der Waals surface area contributed by atoms with Crippen molar-refractivity contribution in [3.63, 3.8) is 0 Å². The summed E-state index contributed by atoms with van der Waals surface area (Å²) < 4.78 is 36.9. The number of aliphatic hydroxyl groups excluding tert-OH is 1. The van der Waals surface area contributed by atoms with Gasteiger partial charge in [0, 0.05) is 6.54 Å². The number of halogens is 3. The van der Waals surface area contributed by atoms with E-state index in [1.54, 1.807) is 0 Å². The molecule has 2 rings (SSSR count). The van der Waals surface area contributed by atoms with E-state index >= 15 is 0 Å².